The minimum Gasteiger partial charge on any atom is -0.351 e. The van der Waals surface area contributed by atoms with Crippen LogP contribution >= 0.6 is 11.6 Å². The molecule has 1 aliphatic carbocycles. The van der Waals surface area contributed by atoms with Crippen molar-refractivity contribution in [3.63, 3.8) is 0 Å². The summed E-state index contributed by atoms with van der Waals surface area (Å²) in [6.45, 7) is 4.62. The van der Waals surface area contributed by atoms with E-state index in [1.165, 1.54) is 16.4 Å². The number of halogens is 2. The fourth-order valence-corrected chi connectivity index (χ4v) is 5.92. The fraction of sp³-hybridized carbons (Fsp3) is 0.571. The number of imidazole rings is 1. The number of carbonyl (C=O) groups is 1. The van der Waals surface area contributed by atoms with Gasteiger partial charge in [0.15, 0.2) is 11.0 Å². The Bertz CT molecular complexity index is 1100. The molecule has 0 spiro atoms. The zero-order valence-electron chi connectivity index (χ0n) is 18.1. The molecule has 2 aliphatic rings. The summed E-state index contributed by atoms with van der Waals surface area (Å²) < 4.78 is 40.2. The third-order valence-corrected chi connectivity index (χ3v) is 8.44. The molecule has 32 heavy (non-hydrogen) atoms. The molecule has 1 aliphatic heterocycles. The predicted molar refractivity (Wildman–Crippen MR) is 119 cm³/mol. The summed E-state index contributed by atoms with van der Waals surface area (Å²) >= 11 is 6.37. The van der Waals surface area contributed by atoms with Crippen LogP contribution in [-0.2, 0) is 14.8 Å². The first-order valence-electron chi connectivity index (χ1n) is 10.7. The van der Waals surface area contributed by atoms with Crippen molar-refractivity contribution in [1.29, 1.82) is 0 Å². The Morgan fingerprint density at radius 2 is 2.16 bits per heavy atom. The molecule has 174 valence electrons. The summed E-state index contributed by atoms with van der Waals surface area (Å²) in [4.78, 5) is 23.6. The maximum absolute atomic E-state index is 13.1. The molecule has 3 heterocycles. The van der Waals surface area contributed by atoms with Crippen molar-refractivity contribution in [3.8, 4) is 11.5 Å². The van der Waals surface area contributed by atoms with Crippen LogP contribution in [0.1, 0.15) is 51.1 Å². The quantitative estimate of drug-likeness (QED) is 0.629. The molecule has 0 unspecified atom stereocenters. The van der Waals surface area contributed by atoms with Crippen molar-refractivity contribution in [2.45, 2.75) is 51.0 Å². The number of carbonyl (C=O) groups excluding carboxylic acids is 1. The normalized spacial score (nSPS) is 23.1. The number of aromatic amines is 1. The molecule has 1 saturated carbocycles. The molecule has 1 amide bonds. The van der Waals surface area contributed by atoms with Crippen LogP contribution in [0.4, 0.5) is 4.39 Å². The number of piperidine rings is 1. The van der Waals surface area contributed by atoms with Crippen molar-refractivity contribution in [2.24, 2.45) is 5.92 Å². The van der Waals surface area contributed by atoms with E-state index in [1.807, 2.05) is 13.8 Å². The number of pyridine rings is 1. The molecular formula is C21H27ClFN5O3S. The second kappa shape index (κ2) is 8.72. The number of H-pyrrole nitrogens is 1. The second-order valence-electron chi connectivity index (χ2n) is 9.06. The van der Waals surface area contributed by atoms with Crippen molar-refractivity contribution >= 4 is 27.5 Å². The Morgan fingerprint density at radius 3 is 2.78 bits per heavy atom. The third-order valence-electron chi connectivity index (χ3n) is 6.32. The predicted octanol–water partition coefficient (Wildman–Crippen LogP) is 3.08. The molecule has 0 aromatic carbocycles. The number of hydrogen-bond donors (Lipinski definition) is 2. The van der Waals surface area contributed by atoms with E-state index in [0.717, 1.165) is 24.7 Å². The van der Waals surface area contributed by atoms with Gasteiger partial charge in [0.05, 0.1) is 17.6 Å². The molecule has 8 nitrogen and oxygen atoms in total. The minimum absolute atomic E-state index is 0.00577. The van der Waals surface area contributed by atoms with Gasteiger partial charge >= 0.3 is 0 Å². The van der Waals surface area contributed by atoms with E-state index in [2.05, 4.69) is 20.3 Å². The van der Waals surface area contributed by atoms with Crippen LogP contribution in [-0.4, -0.2) is 58.0 Å². The van der Waals surface area contributed by atoms with Gasteiger partial charge in [0.2, 0.25) is 15.9 Å². The molecule has 2 N–H and O–H groups in total. The van der Waals surface area contributed by atoms with E-state index in [9.17, 15) is 17.6 Å². The number of aromatic nitrogens is 3. The topological polar surface area (TPSA) is 108 Å². The molecule has 1 saturated heterocycles. The molecule has 2 aromatic rings. The van der Waals surface area contributed by atoms with Crippen molar-refractivity contribution in [2.75, 3.05) is 18.8 Å². The first kappa shape index (κ1) is 23.1. The van der Waals surface area contributed by atoms with Crippen LogP contribution in [0, 0.1) is 11.7 Å². The van der Waals surface area contributed by atoms with Gasteiger partial charge in [0.25, 0.3) is 0 Å². The Kier molecular flexibility index (Phi) is 6.30. The highest BCUT2D eigenvalue weighted by molar-refractivity contribution is 7.89. The average Bonchev–Trinajstić information content (AvgIpc) is 3.34. The SMILES string of the molecule is C[C@H]1CN(S(=O)(=O)CCC(=O)NC2(C)CC2)CC[C@H]1c1[nH]c(-c2ccc(F)cn2)nc1Cl. The molecule has 2 aromatic heterocycles. The Morgan fingerprint density at radius 1 is 1.41 bits per heavy atom. The highest BCUT2D eigenvalue weighted by Crippen LogP contribution is 2.37. The van der Waals surface area contributed by atoms with Gasteiger partial charge in [0, 0.05) is 31.0 Å². The Hall–Kier alpha value is -2.04. The van der Waals surface area contributed by atoms with Gasteiger partial charge in [-0.1, -0.05) is 18.5 Å². The smallest absolute Gasteiger partial charge is 0.221 e. The molecule has 4 rings (SSSR count). The van der Waals surface area contributed by atoms with E-state index in [-0.39, 0.29) is 35.5 Å². The largest absolute Gasteiger partial charge is 0.351 e. The first-order chi connectivity index (χ1) is 15.1. The Balaban J connectivity index is 1.38. The highest BCUT2D eigenvalue weighted by atomic mass is 35.5. The lowest BCUT2D eigenvalue weighted by molar-refractivity contribution is -0.121. The van der Waals surface area contributed by atoms with Crippen LogP contribution < -0.4 is 5.32 Å². The maximum atomic E-state index is 13.1. The summed E-state index contributed by atoms with van der Waals surface area (Å²) in [6.07, 6.45) is 3.52. The fourth-order valence-electron chi connectivity index (χ4n) is 4.10. The van der Waals surface area contributed by atoms with Gasteiger partial charge in [-0.25, -0.2) is 27.1 Å². The van der Waals surface area contributed by atoms with Gasteiger partial charge < -0.3 is 10.3 Å². The number of sulfonamides is 1. The average molecular weight is 484 g/mol. The molecule has 0 radical (unpaired) electrons. The van der Waals surface area contributed by atoms with E-state index < -0.39 is 15.8 Å². The summed E-state index contributed by atoms with van der Waals surface area (Å²) in [6, 6.07) is 2.82. The monoisotopic (exact) mass is 483 g/mol. The molecule has 11 heteroatoms. The highest BCUT2D eigenvalue weighted by Gasteiger charge is 2.39. The zero-order valence-corrected chi connectivity index (χ0v) is 19.6. The van der Waals surface area contributed by atoms with E-state index in [0.29, 0.717) is 36.2 Å². The zero-order chi connectivity index (χ0) is 23.1. The number of amides is 1. The van der Waals surface area contributed by atoms with Crippen LogP contribution in [0.3, 0.4) is 0 Å². The van der Waals surface area contributed by atoms with E-state index >= 15 is 0 Å². The molecule has 2 atom stereocenters. The van der Waals surface area contributed by atoms with Gasteiger partial charge in [-0.2, -0.15) is 0 Å². The summed E-state index contributed by atoms with van der Waals surface area (Å²) in [5.74, 6) is -0.422. The van der Waals surface area contributed by atoms with Gasteiger partial charge in [-0.15, -0.1) is 0 Å². The van der Waals surface area contributed by atoms with Crippen molar-refractivity contribution < 1.29 is 17.6 Å². The van der Waals surface area contributed by atoms with Crippen LogP contribution in [0.5, 0.6) is 0 Å². The lowest BCUT2D eigenvalue weighted by Crippen LogP contribution is -2.44. The van der Waals surface area contributed by atoms with Crippen LogP contribution in [0.2, 0.25) is 5.15 Å². The van der Waals surface area contributed by atoms with Gasteiger partial charge in [-0.05, 0) is 44.2 Å². The third kappa shape index (κ3) is 5.13. The maximum Gasteiger partial charge on any atom is 0.221 e. The van der Waals surface area contributed by atoms with Crippen molar-refractivity contribution in [1.82, 2.24) is 24.6 Å². The standard InChI is InChI=1S/C21H27ClFN5O3S/c1-13-12-28(32(30,31)10-6-17(29)27-21(2)7-8-21)9-5-15(13)18-19(22)26-20(25-18)16-4-3-14(23)11-24-16/h3-4,11,13,15H,5-10,12H2,1-2H3,(H,25,26)(H,27,29)/t13-,15+/m0/s1. The van der Waals surface area contributed by atoms with E-state index in [1.54, 1.807) is 0 Å². The summed E-state index contributed by atoms with van der Waals surface area (Å²) in [7, 11) is -3.54. The lowest BCUT2D eigenvalue weighted by atomic mass is 9.86. The van der Waals surface area contributed by atoms with E-state index in [4.69, 9.17) is 11.6 Å². The summed E-state index contributed by atoms with van der Waals surface area (Å²) in [5.41, 5.74) is 1.05. The molecule has 0 bridgehead atoms. The van der Waals surface area contributed by atoms with Gasteiger partial charge in [-0.3, -0.25) is 4.79 Å². The Labute approximate surface area is 192 Å². The number of nitrogens with zero attached hydrogens (tertiary/aromatic N) is 3. The number of nitrogens with one attached hydrogen (secondary N) is 2. The molecular weight excluding hydrogens is 457 g/mol. The van der Waals surface area contributed by atoms with Gasteiger partial charge in [0.1, 0.15) is 11.5 Å². The molecule has 2 fully saturated rings. The first-order valence-corrected chi connectivity index (χ1v) is 12.7. The summed E-state index contributed by atoms with van der Waals surface area (Å²) in [5, 5.41) is 3.20. The van der Waals surface area contributed by atoms with Crippen molar-refractivity contribution in [3.05, 3.63) is 35.0 Å². The minimum atomic E-state index is -3.54. The lowest BCUT2D eigenvalue weighted by Gasteiger charge is -2.35. The second-order valence-corrected chi connectivity index (χ2v) is 11.5. The number of rotatable bonds is 7. The number of hydrogen-bond acceptors (Lipinski definition) is 5. The van der Waals surface area contributed by atoms with Crippen LogP contribution in [0.25, 0.3) is 11.5 Å². The van der Waals surface area contributed by atoms with Crippen LogP contribution in [0.15, 0.2) is 18.3 Å².